The normalized spacial score (nSPS) is 17.8. The molecule has 1 atom stereocenters. The van der Waals surface area contributed by atoms with Crippen LogP contribution in [-0.4, -0.2) is 37.2 Å². The maximum Gasteiger partial charge on any atom is 0.231 e. The topological polar surface area (TPSA) is 89.8 Å². The van der Waals surface area contributed by atoms with Crippen molar-refractivity contribution in [3.8, 4) is 11.4 Å². The van der Waals surface area contributed by atoms with Gasteiger partial charge in [-0.3, -0.25) is 19.1 Å². The Bertz CT molecular complexity index is 1110. The van der Waals surface area contributed by atoms with Gasteiger partial charge in [-0.15, -0.1) is 10.2 Å². The van der Waals surface area contributed by atoms with Crippen molar-refractivity contribution in [2.24, 2.45) is 0 Å². The number of pyridine rings is 1. The first-order chi connectivity index (χ1) is 14.1. The van der Waals surface area contributed by atoms with Crippen molar-refractivity contribution in [2.45, 2.75) is 36.9 Å². The van der Waals surface area contributed by atoms with Gasteiger partial charge in [0.1, 0.15) is 0 Å². The number of hydrogen-bond acceptors (Lipinski definition) is 6. The number of nitrogens with one attached hydrogen (secondary N) is 1. The van der Waals surface area contributed by atoms with E-state index in [2.05, 4.69) is 25.1 Å². The van der Waals surface area contributed by atoms with Gasteiger partial charge in [-0.2, -0.15) is 0 Å². The molecule has 1 saturated carbocycles. The van der Waals surface area contributed by atoms with Crippen LogP contribution < -0.4 is 5.32 Å². The minimum absolute atomic E-state index is 0.0117. The van der Waals surface area contributed by atoms with Crippen molar-refractivity contribution >= 4 is 29.1 Å². The number of amides is 1. The molecule has 0 spiro atoms. The van der Waals surface area contributed by atoms with Gasteiger partial charge in [0, 0.05) is 35.2 Å². The number of carbonyl (C=O) groups is 2. The second-order valence-corrected chi connectivity index (χ2v) is 8.32. The molecule has 2 aromatic heterocycles. The molecule has 1 amide bonds. The summed E-state index contributed by atoms with van der Waals surface area (Å²) in [5, 5.41) is 12.3. The number of carbonyl (C=O) groups excluding carboxylic acids is 2. The number of Topliss-reactive ketones (excluding diaryl/α,β-unsaturated/α-hetero) is 1. The van der Waals surface area contributed by atoms with Gasteiger partial charge in [-0.25, -0.2) is 0 Å². The lowest BCUT2D eigenvalue weighted by molar-refractivity contribution is -0.116. The van der Waals surface area contributed by atoms with E-state index >= 15 is 0 Å². The molecule has 1 aromatic carbocycles. The number of thioether (sulfide) groups is 1. The van der Waals surface area contributed by atoms with E-state index in [4.69, 9.17) is 0 Å². The number of rotatable bonds is 6. The Morgan fingerprint density at radius 2 is 2.14 bits per heavy atom. The average Bonchev–Trinajstić information content (AvgIpc) is 3.44. The van der Waals surface area contributed by atoms with Crippen molar-refractivity contribution < 1.29 is 9.59 Å². The molecular weight excluding hydrogens is 386 g/mol. The van der Waals surface area contributed by atoms with Crippen molar-refractivity contribution in [2.75, 3.05) is 11.1 Å². The maximum absolute atomic E-state index is 12.8. The summed E-state index contributed by atoms with van der Waals surface area (Å²) in [7, 11) is 0. The van der Waals surface area contributed by atoms with Gasteiger partial charge in [-0.05, 0) is 55.7 Å². The van der Waals surface area contributed by atoms with Crippen LogP contribution in [0.5, 0.6) is 0 Å². The molecule has 0 bridgehead atoms. The summed E-state index contributed by atoms with van der Waals surface area (Å²) in [6.45, 7) is 1.85. The molecule has 0 unspecified atom stereocenters. The highest BCUT2D eigenvalue weighted by molar-refractivity contribution is 7.99. The van der Waals surface area contributed by atoms with Crippen molar-refractivity contribution in [3.63, 3.8) is 0 Å². The van der Waals surface area contributed by atoms with E-state index < -0.39 is 0 Å². The third-order valence-electron chi connectivity index (χ3n) is 5.32. The van der Waals surface area contributed by atoms with Crippen LogP contribution >= 0.6 is 11.8 Å². The zero-order valence-corrected chi connectivity index (χ0v) is 16.6. The van der Waals surface area contributed by atoms with Gasteiger partial charge in [0.05, 0.1) is 11.7 Å². The summed E-state index contributed by atoms with van der Waals surface area (Å²) in [5.74, 6) is 0.820. The summed E-state index contributed by atoms with van der Waals surface area (Å²) < 4.78 is 2.13. The Kier molecular flexibility index (Phi) is 4.43. The Balaban J connectivity index is 1.35. The van der Waals surface area contributed by atoms with Crippen LogP contribution in [0.3, 0.4) is 0 Å². The zero-order chi connectivity index (χ0) is 20.0. The number of anilines is 1. The zero-order valence-electron chi connectivity index (χ0n) is 15.8. The molecule has 3 heterocycles. The first-order valence-corrected chi connectivity index (χ1v) is 10.6. The van der Waals surface area contributed by atoms with E-state index in [0.717, 1.165) is 40.6 Å². The first kappa shape index (κ1) is 18.1. The van der Waals surface area contributed by atoms with Crippen LogP contribution in [0, 0.1) is 0 Å². The molecule has 1 N–H and O–H groups in total. The van der Waals surface area contributed by atoms with E-state index in [1.54, 1.807) is 18.5 Å². The SMILES string of the molecule is C[C@H]1C(=O)Nc2ccc(C(=O)CSc3nnc(-c4cccnc4)n3C3CC3)cc21. The van der Waals surface area contributed by atoms with Crippen LogP contribution in [0.15, 0.2) is 47.9 Å². The third-order valence-corrected chi connectivity index (χ3v) is 6.26. The largest absolute Gasteiger partial charge is 0.325 e. The molecule has 1 aliphatic carbocycles. The van der Waals surface area contributed by atoms with E-state index in [9.17, 15) is 9.59 Å². The Labute approximate surface area is 171 Å². The summed E-state index contributed by atoms with van der Waals surface area (Å²) in [4.78, 5) is 28.8. The van der Waals surface area contributed by atoms with Crippen LogP contribution in [0.1, 0.15) is 47.6 Å². The standard InChI is InChI=1S/C21H19N5O2S/c1-12-16-9-13(4-7-17(16)23-20(12)28)18(27)11-29-21-25-24-19(26(21)15-5-6-15)14-3-2-8-22-10-14/h2-4,7-10,12,15H,5-6,11H2,1H3,(H,23,28)/t12-/m1/s1. The molecule has 0 saturated heterocycles. The van der Waals surface area contributed by atoms with Gasteiger partial charge >= 0.3 is 0 Å². The minimum atomic E-state index is -0.231. The van der Waals surface area contributed by atoms with Crippen LogP contribution in [0.25, 0.3) is 11.4 Å². The second-order valence-electron chi connectivity index (χ2n) is 7.37. The lowest BCUT2D eigenvalue weighted by Gasteiger charge is -2.09. The highest BCUT2D eigenvalue weighted by Gasteiger charge is 2.31. The molecule has 3 aromatic rings. The first-order valence-electron chi connectivity index (χ1n) is 9.58. The van der Waals surface area contributed by atoms with Crippen LogP contribution in [-0.2, 0) is 4.79 Å². The Hall–Kier alpha value is -3.00. The molecule has 146 valence electrons. The molecule has 7 nitrogen and oxygen atoms in total. The smallest absolute Gasteiger partial charge is 0.231 e. The summed E-state index contributed by atoms with van der Waals surface area (Å²) in [6, 6.07) is 9.64. The molecule has 5 rings (SSSR count). The van der Waals surface area contributed by atoms with Gasteiger partial charge in [0.2, 0.25) is 5.91 Å². The van der Waals surface area contributed by atoms with Gasteiger partial charge < -0.3 is 5.32 Å². The molecule has 0 radical (unpaired) electrons. The third kappa shape index (κ3) is 3.33. The van der Waals surface area contributed by atoms with E-state index in [-0.39, 0.29) is 23.4 Å². The number of aromatic nitrogens is 4. The van der Waals surface area contributed by atoms with Crippen LogP contribution in [0.2, 0.25) is 0 Å². The summed E-state index contributed by atoms with van der Waals surface area (Å²) >= 11 is 1.41. The van der Waals surface area contributed by atoms with Crippen molar-refractivity contribution in [3.05, 3.63) is 53.9 Å². The number of ketones is 1. The Morgan fingerprint density at radius 1 is 1.28 bits per heavy atom. The second kappa shape index (κ2) is 7.11. The molecule has 1 aliphatic heterocycles. The molecule has 29 heavy (non-hydrogen) atoms. The maximum atomic E-state index is 12.8. The number of fused-ring (bicyclic) bond motifs is 1. The predicted octanol–water partition coefficient (Wildman–Crippen LogP) is 3.71. The molecule has 1 fully saturated rings. The van der Waals surface area contributed by atoms with Crippen molar-refractivity contribution in [1.29, 1.82) is 0 Å². The molecular formula is C21H19N5O2S. The van der Waals surface area contributed by atoms with Gasteiger partial charge in [-0.1, -0.05) is 11.8 Å². The van der Waals surface area contributed by atoms with Gasteiger partial charge in [0.25, 0.3) is 0 Å². The van der Waals surface area contributed by atoms with Gasteiger partial charge in [0.15, 0.2) is 16.8 Å². The number of nitrogens with zero attached hydrogens (tertiary/aromatic N) is 4. The predicted molar refractivity (Wildman–Crippen MR) is 110 cm³/mol. The average molecular weight is 405 g/mol. The number of benzene rings is 1. The Morgan fingerprint density at radius 3 is 2.90 bits per heavy atom. The highest BCUT2D eigenvalue weighted by Crippen LogP contribution is 2.41. The van der Waals surface area contributed by atoms with E-state index in [0.29, 0.717) is 11.6 Å². The van der Waals surface area contributed by atoms with Crippen molar-refractivity contribution in [1.82, 2.24) is 19.7 Å². The fourth-order valence-electron chi connectivity index (χ4n) is 3.53. The monoisotopic (exact) mass is 405 g/mol. The summed E-state index contributed by atoms with van der Waals surface area (Å²) in [6.07, 6.45) is 5.70. The minimum Gasteiger partial charge on any atom is -0.325 e. The summed E-state index contributed by atoms with van der Waals surface area (Å²) in [5.41, 5.74) is 3.21. The highest BCUT2D eigenvalue weighted by atomic mass is 32.2. The molecule has 8 heteroatoms. The van der Waals surface area contributed by atoms with E-state index in [1.165, 1.54) is 11.8 Å². The quantitative estimate of drug-likeness (QED) is 0.497. The van der Waals surface area contributed by atoms with E-state index in [1.807, 2.05) is 31.2 Å². The lowest BCUT2D eigenvalue weighted by atomic mass is 9.99. The molecule has 2 aliphatic rings. The van der Waals surface area contributed by atoms with Crippen LogP contribution in [0.4, 0.5) is 5.69 Å². The fourth-order valence-corrected chi connectivity index (χ4v) is 4.43. The lowest BCUT2D eigenvalue weighted by Crippen LogP contribution is -2.08. The fraction of sp³-hybridized carbons (Fsp3) is 0.286. The number of hydrogen-bond donors (Lipinski definition) is 1.